The maximum absolute atomic E-state index is 10.7. The third-order valence-corrected chi connectivity index (χ3v) is 1.73. The van der Waals surface area contributed by atoms with Crippen LogP contribution in [-0.2, 0) is 9.53 Å². The Morgan fingerprint density at radius 2 is 2.50 bits per heavy atom. The van der Waals surface area contributed by atoms with Gasteiger partial charge in [-0.25, -0.2) is 0 Å². The number of carbonyl (C=O) groups excluding carboxylic acids is 1. The highest BCUT2D eigenvalue weighted by molar-refractivity contribution is 5.80. The summed E-state index contributed by atoms with van der Waals surface area (Å²) in [5, 5.41) is 0. The summed E-state index contributed by atoms with van der Waals surface area (Å²) >= 11 is 0. The van der Waals surface area contributed by atoms with Crippen molar-refractivity contribution in [3.8, 4) is 0 Å². The van der Waals surface area contributed by atoms with Crippen LogP contribution in [-0.4, -0.2) is 30.7 Å². The van der Waals surface area contributed by atoms with Gasteiger partial charge in [-0.2, -0.15) is 0 Å². The number of amides is 1. The Morgan fingerprint density at radius 3 is 2.90 bits per heavy atom. The third-order valence-electron chi connectivity index (χ3n) is 1.73. The van der Waals surface area contributed by atoms with E-state index in [0.29, 0.717) is 0 Å². The lowest BCUT2D eigenvalue weighted by Gasteiger charge is -2.21. The van der Waals surface area contributed by atoms with Gasteiger partial charge in [-0.3, -0.25) is 4.79 Å². The van der Waals surface area contributed by atoms with Gasteiger partial charge in [0.1, 0.15) is 6.23 Å². The number of nitrogens with zero attached hydrogens (tertiary/aromatic N) is 1. The molecule has 0 aromatic heterocycles. The van der Waals surface area contributed by atoms with Gasteiger partial charge in [0.25, 0.3) is 0 Å². The molecule has 57 valence electrons. The molecule has 1 heterocycles. The molecule has 1 aliphatic rings. The lowest BCUT2D eigenvalue weighted by atomic mass is 10.3. The molecule has 0 spiro atoms. The number of hydrogen-bond acceptors (Lipinski definition) is 2. The molecule has 3 nitrogen and oxygen atoms in total. The minimum atomic E-state index is -0.174. The van der Waals surface area contributed by atoms with E-state index < -0.39 is 0 Å². The largest absolute Gasteiger partial charge is 0.358 e. The van der Waals surface area contributed by atoms with Crippen molar-refractivity contribution in [1.29, 1.82) is 0 Å². The second kappa shape index (κ2) is 3.01. The molecule has 0 N–H and O–H groups in total. The van der Waals surface area contributed by atoms with Gasteiger partial charge in [-0.1, -0.05) is 0 Å². The van der Waals surface area contributed by atoms with Crippen LogP contribution in [0.25, 0.3) is 0 Å². The molecule has 0 aromatic carbocycles. The Morgan fingerprint density at radius 1 is 1.80 bits per heavy atom. The summed E-state index contributed by atoms with van der Waals surface area (Å²) in [7, 11) is 1.71. The third kappa shape index (κ3) is 1.48. The smallest absolute Gasteiger partial charge is 0.224 e. The van der Waals surface area contributed by atoms with E-state index in [2.05, 4.69) is 6.92 Å². The predicted molar refractivity (Wildman–Crippen MR) is 37.1 cm³/mol. The van der Waals surface area contributed by atoms with Gasteiger partial charge in [0.15, 0.2) is 0 Å². The average molecular weight is 142 g/mol. The molecule has 1 amide bonds. The zero-order chi connectivity index (χ0) is 7.56. The van der Waals surface area contributed by atoms with Crippen LogP contribution < -0.4 is 0 Å². The summed E-state index contributed by atoms with van der Waals surface area (Å²) in [6.45, 7) is 4.06. The van der Waals surface area contributed by atoms with Crippen LogP contribution in [0.1, 0.15) is 12.8 Å². The molecule has 1 aliphatic heterocycles. The van der Waals surface area contributed by atoms with Crippen molar-refractivity contribution in [3.05, 3.63) is 6.92 Å². The molecular formula is C7H12NO2. The summed E-state index contributed by atoms with van der Waals surface area (Å²) < 4.78 is 5.24. The first-order valence-electron chi connectivity index (χ1n) is 3.42. The van der Waals surface area contributed by atoms with Crippen LogP contribution in [0.5, 0.6) is 0 Å². The molecule has 0 saturated carbocycles. The van der Waals surface area contributed by atoms with Crippen molar-refractivity contribution >= 4 is 5.91 Å². The van der Waals surface area contributed by atoms with E-state index in [1.807, 2.05) is 0 Å². The standard InChI is InChI=1S/C7H12NO2/c1-6(9)8(2)7-4-3-5-10-7/h7H,1,3-5H2,2H3. The first-order valence-corrected chi connectivity index (χ1v) is 3.42. The zero-order valence-corrected chi connectivity index (χ0v) is 6.17. The maximum Gasteiger partial charge on any atom is 0.224 e. The Labute approximate surface area is 61.0 Å². The molecule has 1 unspecified atom stereocenters. The van der Waals surface area contributed by atoms with Crippen molar-refractivity contribution in [2.75, 3.05) is 13.7 Å². The van der Waals surface area contributed by atoms with Gasteiger partial charge in [0.2, 0.25) is 5.91 Å². The summed E-state index contributed by atoms with van der Waals surface area (Å²) in [5.41, 5.74) is 0. The van der Waals surface area contributed by atoms with Crippen LogP contribution in [0.15, 0.2) is 0 Å². The first-order chi connectivity index (χ1) is 4.72. The van der Waals surface area contributed by atoms with Gasteiger partial charge >= 0.3 is 0 Å². The molecule has 1 saturated heterocycles. The molecule has 10 heavy (non-hydrogen) atoms. The number of ether oxygens (including phenoxy) is 1. The van der Waals surface area contributed by atoms with Crippen molar-refractivity contribution < 1.29 is 9.53 Å². The van der Waals surface area contributed by atoms with E-state index in [9.17, 15) is 4.79 Å². The highest BCUT2D eigenvalue weighted by atomic mass is 16.5. The van der Waals surface area contributed by atoms with Crippen molar-refractivity contribution in [3.63, 3.8) is 0 Å². The summed E-state index contributed by atoms with van der Waals surface area (Å²) in [6.07, 6.45) is 1.96. The zero-order valence-electron chi connectivity index (χ0n) is 6.17. The molecule has 0 aliphatic carbocycles. The van der Waals surface area contributed by atoms with Gasteiger partial charge in [0, 0.05) is 20.6 Å². The van der Waals surface area contributed by atoms with Crippen molar-refractivity contribution in [2.45, 2.75) is 19.1 Å². The van der Waals surface area contributed by atoms with Gasteiger partial charge in [-0.15, -0.1) is 0 Å². The van der Waals surface area contributed by atoms with E-state index in [1.165, 1.54) is 4.90 Å². The quantitative estimate of drug-likeness (QED) is 0.531. The lowest BCUT2D eigenvalue weighted by Crippen LogP contribution is -2.34. The molecular weight excluding hydrogens is 130 g/mol. The number of rotatable bonds is 1. The van der Waals surface area contributed by atoms with Crippen LogP contribution in [0.4, 0.5) is 0 Å². The van der Waals surface area contributed by atoms with E-state index in [0.717, 1.165) is 19.4 Å². The minimum Gasteiger partial charge on any atom is -0.358 e. The Bertz CT molecular complexity index is 130. The van der Waals surface area contributed by atoms with Gasteiger partial charge in [0.05, 0.1) is 0 Å². The lowest BCUT2D eigenvalue weighted by molar-refractivity contribution is -0.134. The highest BCUT2D eigenvalue weighted by Crippen LogP contribution is 2.14. The fourth-order valence-electron chi connectivity index (χ4n) is 1.03. The molecule has 3 heteroatoms. The van der Waals surface area contributed by atoms with Crippen LogP contribution in [0, 0.1) is 6.92 Å². The SMILES string of the molecule is [CH2]C(=O)N(C)C1CCCO1. The Kier molecular flexibility index (Phi) is 2.27. The number of carbonyl (C=O) groups is 1. The van der Waals surface area contributed by atoms with E-state index in [1.54, 1.807) is 7.05 Å². The topological polar surface area (TPSA) is 29.5 Å². The molecule has 1 atom stereocenters. The molecule has 0 bridgehead atoms. The monoisotopic (exact) mass is 142 g/mol. The predicted octanol–water partition coefficient (Wildman–Crippen LogP) is 0.415. The fraction of sp³-hybridized carbons (Fsp3) is 0.714. The van der Waals surface area contributed by atoms with Crippen LogP contribution in [0.2, 0.25) is 0 Å². The van der Waals surface area contributed by atoms with E-state index >= 15 is 0 Å². The number of hydrogen-bond donors (Lipinski definition) is 0. The summed E-state index contributed by atoms with van der Waals surface area (Å²) in [4.78, 5) is 12.2. The highest BCUT2D eigenvalue weighted by Gasteiger charge is 2.21. The van der Waals surface area contributed by atoms with Gasteiger partial charge < -0.3 is 9.64 Å². The van der Waals surface area contributed by atoms with Crippen molar-refractivity contribution in [2.24, 2.45) is 0 Å². The van der Waals surface area contributed by atoms with E-state index in [4.69, 9.17) is 4.74 Å². The Balaban J connectivity index is 2.39. The second-order valence-electron chi connectivity index (χ2n) is 2.47. The van der Waals surface area contributed by atoms with Gasteiger partial charge in [-0.05, 0) is 12.8 Å². The minimum absolute atomic E-state index is 0.0231. The van der Waals surface area contributed by atoms with Crippen molar-refractivity contribution in [1.82, 2.24) is 4.90 Å². The van der Waals surface area contributed by atoms with E-state index in [-0.39, 0.29) is 12.1 Å². The summed E-state index contributed by atoms with van der Waals surface area (Å²) in [6, 6.07) is 0. The Hall–Kier alpha value is -0.570. The average Bonchev–Trinajstić information content (AvgIpc) is 2.36. The molecule has 0 aromatic rings. The first kappa shape index (κ1) is 7.54. The molecule has 1 rings (SSSR count). The second-order valence-corrected chi connectivity index (χ2v) is 2.47. The maximum atomic E-state index is 10.7. The summed E-state index contributed by atoms with van der Waals surface area (Å²) in [5.74, 6) is -0.174. The van der Waals surface area contributed by atoms with Crippen LogP contribution in [0.3, 0.4) is 0 Å². The van der Waals surface area contributed by atoms with Crippen LogP contribution >= 0.6 is 0 Å². The fourth-order valence-corrected chi connectivity index (χ4v) is 1.03. The normalized spacial score (nSPS) is 24.8. The molecule has 1 radical (unpaired) electrons. The molecule has 1 fully saturated rings.